The number of carbonyl (C=O) groups excluding carboxylic acids is 2. The van der Waals surface area contributed by atoms with E-state index in [0.717, 1.165) is 30.1 Å². The highest BCUT2D eigenvalue weighted by molar-refractivity contribution is 7.12. The van der Waals surface area contributed by atoms with Crippen LogP contribution < -0.4 is 0 Å². The fourth-order valence-electron chi connectivity index (χ4n) is 4.73. The lowest BCUT2D eigenvalue weighted by atomic mass is 10.0. The molecule has 10 heteroatoms. The SMILES string of the molecule is Cn1cccc1C1=NN(C(=O)CN(CCN2CCOCC2)C(=O)c2cccs2)C(c2ccc(Cl)cc2)C1. The third-order valence-electron chi connectivity index (χ3n) is 6.80. The zero-order chi connectivity index (χ0) is 25.8. The first kappa shape index (κ1) is 25.7. The molecule has 1 atom stereocenters. The molecule has 1 aromatic carbocycles. The van der Waals surface area contributed by atoms with Crippen molar-refractivity contribution in [1.29, 1.82) is 0 Å². The minimum atomic E-state index is -0.271. The molecule has 0 radical (unpaired) electrons. The molecule has 2 aromatic heterocycles. The van der Waals surface area contributed by atoms with Crippen LogP contribution in [0.1, 0.15) is 33.4 Å². The summed E-state index contributed by atoms with van der Waals surface area (Å²) in [4.78, 5) is 31.7. The number of benzene rings is 1. The second kappa shape index (κ2) is 11.6. The van der Waals surface area contributed by atoms with Crippen LogP contribution in [0.3, 0.4) is 0 Å². The van der Waals surface area contributed by atoms with Gasteiger partial charge in [-0.3, -0.25) is 14.5 Å². The highest BCUT2D eigenvalue weighted by atomic mass is 35.5. The van der Waals surface area contributed by atoms with Gasteiger partial charge in [0, 0.05) is 50.9 Å². The summed E-state index contributed by atoms with van der Waals surface area (Å²) >= 11 is 7.52. The Balaban J connectivity index is 1.39. The van der Waals surface area contributed by atoms with Gasteiger partial charge in [-0.25, -0.2) is 5.01 Å². The Morgan fingerprint density at radius 1 is 1.14 bits per heavy atom. The highest BCUT2D eigenvalue weighted by Gasteiger charge is 2.35. The fraction of sp³-hybridized carbons (Fsp3) is 0.370. The van der Waals surface area contributed by atoms with E-state index in [2.05, 4.69) is 4.90 Å². The van der Waals surface area contributed by atoms with Crippen molar-refractivity contribution in [3.8, 4) is 0 Å². The summed E-state index contributed by atoms with van der Waals surface area (Å²) < 4.78 is 7.45. The number of aryl methyl sites for hydroxylation is 1. The van der Waals surface area contributed by atoms with Crippen LogP contribution in [-0.4, -0.2) is 82.8 Å². The summed E-state index contributed by atoms with van der Waals surface area (Å²) in [5.74, 6) is -0.346. The molecule has 8 nitrogen and oxygen atoms in total. The largest absolute Gasteiger partial charge is 0.379 e. The van der Waals surface area contributed by atoms with E-state index in [1.54, 1.807) is 16.0 Å². The lowest BCUT2D eigenvalue weighted by molar-refractivity contribution is -0.133. The lowest BCUT2D eigenvalue weighted by Gasteiger charge is -2.31. The monoisotopic (exact) mass is 539 g/mol. The summed E-state index contributed by atoms with van der Waals surface area (Å²) in [6, 6.07) is 14.9. The second-order valence-corrected chi connectivity index (χ2v) is 10.6. The van der Waals surface area contributed by atoms with E-state index in [1.807, 2.05) is 65.7 Å². The smallest absolute Gasteiger partial charge is 0.264 e. The summed E-state index contributed by atoms with van der Waals surface area (Å²) in [6.07, 6.45) is 2.55. The van der Waals surface area contributed by atoms with Crippen molar-refractivity contribution >= 4 is 40.5 Å². The Bertz CT molecular complexity index is 1250. The Morgan fingerprint density at radius 2 is 1.92 bits per heavy atom. The average Bonchev–Trinajstić information content (AvgIpc) is 3.68. The molecule has 0 N–H and O–H groups in total. The summed E-state index contributed by atoms with van der Waals surface area (Å²) in [5, 5.41) is 8.85. The Hall–Kier alpha value is -2.98. The number of hydrogen-bond donors (Lipinski definition) is 0. The van der Waals surface area contributed by atoms with Crippen molar-refractivity contribution < 1.29 is 14.3 Å². The normalized spacial score (nSPS) is 18.2. The summed E-state index contributed by atoms with van der Waals surface area (Å²) in [6.45, 7) is 4.11. The van der Waals surface area contributed by atoms with Crippen molar-refractivity contribution in [2.45, 2.75) is 12.5 Å². The van der Waals surface area contributed by atoms with Gasteiger partial charge in [-0.15, -0.1) is 11.3 Å². The molecule has 0 bridgehead atoms. The Kier molecular flexibility index (Phi) is 8.05. The maximum atomic E-state index is 13.8. The number of hydrogen-bond acceptors (Lipinski definition) is 6. The number of morpholine rings is 1. The van der Waals surface area contributed by atoms with Crippen molar-refractivity contribution in [1.82, 2.24) is 19.4 Å². The van der Waals surface area contributed by atoms with Crippen molar-refractivity contribution in [2.75, 3.05) is 45.9 Å². The number of aromatic nitrogens is 1. The standard InChI is InChI=1S/C27H30ClN5O3S/c1-30-10-2-4-23(30)22-18-24(20-6-8-21(28)9-7-20)33(29-22)26(34)19-32(27(35)25-5-3-17-37-25)12-11-31-13-15-36-16-14-31/h2-10,17,24H,11-16,18-19H2,1H3. The zero-order valence-electron chi connectivity index (χ0n) is 20.8. The van der Waals surface area contributed by atoms with E-state index in [9.17, 15) is 9.59 Å². The van der Waals surface area contributed by atoms with E-state index in [4.69, 9.17) is 21.4 Å². The summed E-state index contributed by atoms with van der Waals surface area (Å²) in [7, 11) is 1.96. The highest BCUT2D eigenvalue weighted by Crippen LogP contribution is 2.33. The zero-order valence-corrected chi connectivity index (χ0v) is 22.3. The van der Waals surface area contributed by atoms with E-state index in [0.29, 0.717) is 42.6 Å². The number of hydrazone groups is 1. The van der Waals surface area contributed by atoms with Crippen LogP contribution in [0.4, 0.5) is 0 Å². The quantitative estimate of drug-likeness (QED) is 0.435. The second-order valence-electron chi connectivity index (χ2n) is 9.22. The topological polar surface area (TPSA) is 70.4 Å². The van der Waals surface area contributed by atoms with Gasteiger partial charge < -0.3 is 14.2 Å². The van der Waals surface area contributed by atoms with Crippen molar-refractivity contribution in [3.63, 3.8) is 0 Å². The molecular weight excluding hydrogens is 510 g/mol. The van der Waals surface area contributed by atoms with Crippen LogP contribution in [0.5, 0.6) is 0 Å². The first-order valence-electron chi connectivity index (χ1n) is 12.4. The van der Waals surface area contributed by atoms with Gasteiger partial charge in [0.25, 0.3) is 11.8 Å². The molecule has 0 aliphatic carbocycles. The molecule has 0 spiro atoms. The van der Waals surface area contributed by atoms with E-state index in [1.165, 1.54) is 11.3 Å². The molecule has 1 saturated heterocycles. The number of ether oxygens (including phenoxy) is 1. The van der Waals surface area contributed by atoms with Crippen LogP contribution in [-0.2, 0) is 16.6 Å². The molecule has 1 unspecified atom stereocenters. The van der Waals surface area contributed by atoms with Gasteiger partial charge in [-0.05, 0) is 41.3 Å². The molecule has 37 heavy (non-hydrogen) atoms. The van der Waals surface area contributed by atoms with Gasteiger partial charge in [-0.1, -0.05) is 29.8 Å². The molecule has 2 aliphatic heterocycles. The number of rotatable bonds is 8. The van der Waals surface area contributed by atoms with Gasteiger partial charge in [-0.2, -0.15) is 5.10 Å². The van der Waals surface area contributed by atoms with Crippen LogP contribution in [0, 0.1) is 0 Å². The molecule has 2 aliphatic rings. The van der Waals surface area contributed by atoms with Crippen molar-refractivity contribution in [2.24, 2.45) is 12.1 Å². The fourth-order valence-corrected chi connectivity index (χ4v) is 5.55. The number of carbonyl (C=O) groups is 2. The van der Waals surface area contributed by atoms with Gasteiger partial charge in [0.15, 0.2) is 0 Å². The summed E-state index contributed by atoms with van der Waals surface area (Å²) in [5.41, 5.74) is 2.76. The minimum Gasteiger partial charge on any atom is -0.379 e. The van der Waals surface area contributed by atoms with Crippen LogP contribution in [0.25, 0.3) is 0 Å². The number of halogens is 1. The number of nitrogens with zero attached hydrogens (tertiary/aromatic N) is 5. The predicted octanol–water partition coefficient (Wildman–Crippen LogP) is 3.89. The van der Waals surface area contributed by atoms with Crippen LogP contribution >= 0.6 is 22.9 Å². The molecule has 194 valence electrons. The molecule has 3 aromatic rings. The predicted molar refractivity (Wildman–Crippen MR) is 145 cm³/mol. The van der Waals surface area contributed by atoms with Crippen molar-refractivity contribution in [3.05, 3.63) is 81.3 Å². The van der Waals surface area contributed by atoms with Gasteiger partial charge in [0.05, 0.1) is 35.5 Å². The van der Waals surface area contributed by atoms with Crippen LogP contribution in [0.15, 0.2) is 65.2 Å². The molecule has 2 amide bonds. The number of amides is 2. The first-order chi connectivity index (χ1) is 18.0. The van der Waals surface area contributed by atoms with E-state index < -0.39 is 0 Å². The van der Waals surface area contributed by atoms with Crippen LogP contribution in [0.2, 0.25) is 5.02 Å². The minimum absolute atomic E-state index is 0.0465. The molecule has 0 saturated carbocycles. The maximum absolute atomic E-state index is 13.8. The first-order valence-corrected chi connectivity index (χ1v) is 13.6. The molecule has 5 rings (SSSR count). The molecule has 1 fully saturated rings. The maximum Gasteiger partial charge on any atom is 0.264 e. The molecule has 4 heterocycles. The average molecular weight is 540 g/mol. The van der Waals surface area contributed by atoms with E-state index in [-0.39, 0.29) is 24.4 Å². The third kappa shape index (κ3) is 5.96. The lowest BCUT2D eigenvalue weighted by Crippen LogP contribution is -2.46. The Morgan fingerprint density at radius 3 is 2.59 bits per heavy atom. The van der Waals surface area contributed by atoms with Gasteiger partial charge >= 0.3 is 0 Å². The molecular formula is C27H30ClN5O3S. The van der Waals surface area contributed by atoms with Gasteiger partial charge in [0.1, 0.15) is 6.54 Å². The Labute approximate surface area is 225 Å². The van der Waals surface area contributed by atoms with E-state index >= 15 is 0 Å². The number of thiophene rings is 1. The third-order valence-corrected chi connectivity index (χ3v) is 7.91. The van der Waals surface area contributed by atoms with Gasteiger partial charge in [0.2, 0.25) is 0 Å².